The summed E-state index contributed by atoms with van der Waals surface area (Å²) in [6.07, 6.45) is 2.52. The third kappa shape index (κ3) is 3.72. The molecule has 3 rings (SSSR count). The number of aromatic nitrogens is 1. The van der Waals surface area contributed by atoms with Crippen molar-refractivity contribution in [2.45, 2.75) is 33.6 Å². The number of carbonyl (C=O) groups is 1. The van der Waals surface area contributed by atoms with E-state index in [1.54, 1.807) is 11.3 Å². The van der Waals surface area contributed by atoms with Gasteiger partial charge in [0.1, 0.15) is 0 Å². The Morgan fingerprint density at radius 3 is 2.43 bits per heavy atom. The molecule has 1 fully saturated rings. The number of amides is 1. The van der Waals surface area contributed by atoms with Crippen molar-refractivity contribution < 1.29 is 4.79 Å². The fourth-order valence-corrected chi connectivity index (χ4v) is 3.38. The summed E-state index contributed by atoms with van der Waals surface area (Å²) < 4.78 is 0. The number of benzene rings is 1. The minimum atomic E-state index is -0.391. The van der Waals surface area contributed by atoms with Gasteiger partial charge in [-0.2, -0.15) is 0 Å². The molecule has 1 aliphatic rings. The minimum absolute atomic E-state index is 0.0234. The average Bonchev–Trinajstić information content (AvgIpc) is 3.18. The van der Waals surface area contributed by atoms with Crippen LogP contribution in [0.1, 0.15) is 33.6 Å². The molecule has 0 radical (unpaired) electrons. The van der Waals surface area contributed by atoms with Gasteiger partial charge in [0.25, 0.3) is 0 Å². The molecule has 0 saturated carbocycles. The Hall–Kier alpha value is -1.88. The summed E-state index contributed by atoms with van der Waals surface area (Å²) in [6, 6.07) is 7.91. The first-order valence-corrected chi connectivity index (χ1v) is 8.94. The number of hydrogen-bond acceptors (Lipinski definition) is 4. The van der Waals surface area contributed by atoms with Crippen LogP contribution in [0.15, 0.2) is 29.6 Å². The van der Waals surface area contributed by atoms with E-state index in [0.29, 0.717) is 0 Å². The van der Waals surface area contributed by atoms with E-state index < -0.39 is 5.41 Å². The van der Waals surface area contributed by atoms with Crippen LogP contribution in [0.2, 0.25) is 0 Å². The topological polar surface area (TPSA) is 45.2 Å². The molecule has 2 aromatic rings. The van der Waals surface area contributed by atoms with Crippen molar-refractivity contribution in [1.82, 2.24) is 4.98 Å². The van der Waals surface area contributed by atoms with Crippen molar-refractivity contribution in [2.24, 2.45) is 5.41 Å². The smallest absolute Gasteiger partial charge is 0.229 e. The highest BCUT2D eigenvalue weighted by Gasteiger charge is 2.21. The van der Waals surface area contributed by atoms with Gasteiger partial charge in [-0.25, -0.2) is 4.98 Å². The molecular formula is C18H23N3OS. The van der Waals surface area contributed by atoms with Crippen LogP contribution >= 0.6 is 11.3 Å². The van der Waals surface area contributed by atoms with Gasteiger partial charge < -0.3 is 10.2 Å². The second-order valence-electron chi connectivity index (χ2n) is 6.99. The van der Waals surface area contributed by atoms with Crippen LogP contribution in [0.5, 0.6) is 0 Å². The Bertz CT molecular complexity index is 679. The summed E-state index contributed by atoms with van der Waals surface area (Å²) in [4.78, 5) is 19.1. The molecule has 0 atom stereocenters. The largest absolute Gasteiger partial charge is 0.348 e. The zero-order valence-corrected chi connectivity index (χ0v) is 14.7. The Labute approximate surface area is 141 Å². The van der Waals surface area contributed by atoms with Crippen molar-refractivity contribution in [3.63, 3.8) is 0 Å². The lowest BCUT2D eigenvalue weighted by Gasteiger charge is -2.17. The van der Waals surface area contributed by atoms with Gasteiger partial charge in [-0.15, -0.1) is 11.3 Å². The van der Waals surface area contributed by atoms with Gasteiger partial charge in [0.2, 0.25) is 5.91 Å². The summed E-state index contributed by atoms with van der Waals surface area (Å²) in [5, 5.41) is 6.17. The zero-order valence-electron chi connectivity index (χ0n) is 13.9. The maximum Gasteiger partial charge on any atom is 0.229 e. The molecule has 1 aromatic heterocycles. The average molecular weight is 329 g/mol. The Morgan fingerprint density at radius 1 is 1.17 bits per heavy atom. The van der Waals surface area contributed by atoms with Crippen LogP contribution in [0.25, 0.3) is 11.3 Å². The van der Waals surface area contributed by atoms with Gasteiger partial charge in [-0.3, -0.25) is 4.79 Å². The standard InChI is InChI=1S/C18H23N3OS/c1-18(2,3)16(22)19-14-8-6-13(7-9-14)15-12-23-17(20-15)21-10-4-5-11-21/h6-9,12H,4-5,10-11H2,1-3H3,(H,19,22). The van der Waals surface area contributed by atoms with E-state index >= 15 is 0 Å². The fraction of sp³-hybridized carbons (Fsp3) is 0.444. The molecular weight excluding hydrogens is 306 g/mol. The third-order valence-electron chi connectivity index (χ3n) is 3.99. The molecule has 1 amide bonds. The van der Waals surface area contributed by atoms with E-state index in [9.17, 15) is 4.79 Å². The first kappa shape index (κ1) is 16.0. The molecule has 0 spiro atoms. The van der Waals surface area contributed by atoms with Crippen LogP contribution < -0.4 is 10.2 Å². The fourth-order valence-electron chi connectivity index (χ4n) is 2.49. The predicted molar refractivity (Wildman–Crippen MR) is 97.1 cm³/mol. The molecule has 1 aliphatic heterocycles. The molecule has 4 nitrogen and oxygen atoms in total. The van der Waals surface area contributed by atoms with Crippen molar-refractivity contribution in [1.29, 1.82) is 0 Å². The van der Waals surface area contributed by atoms with Gasteiger partial charge in [-0.05, 0) is 25.0 Å². The van der Waals surface area contributed by atoms with E-state index in [0.717, 1.165) is 35.2 Å². The lowest BCUT2D eigenvalue weighted by Crippen LogP contribution is -2.27. The molecule has 0 bridgehead atoms. The highest BCUT2D eigenvalue weighted by atomic mass is 32.1. The van der Waals surface area contributed by atoms with Gasteiger partial charge in [0.15, 0.2) is 5.13 Å². The maximum absolute atomic E-state index is 12.0. The summed E-state index contributed by atoms with van der Waals surface area (Å²) in [6.45, 7) is 7.96. The molecule has 0 unspecified atom stereocenters. The number of carbonyl (C=O) groups excluding carboxylic acids is 1. The molecule has 1 N–H and O–H groups in total. The van der Waals surface area contributed by atoms with Crippen LogP contribution in [-0.4, -0.2) is 24.0 Å². The SMILES string of the molecule is CC(C)(C)C(=O)Nc1ccc(-c2csc(N3CCCC3)n2)cc1. The first-order valence-electron chi connectivity index (χ1n) is 8.06. The summed E-state index contributed by atoms with van der Waals surface area (Å²) in [5.41, 5.74) is 2.52. The van der Waals surface area contributed by atoms with Crippen LogP contribution in [0, 0.1) is 5.41 Å². The van der Waals surface area contributed by atoms with Gasteiger partial charge in [0, 0.05) is 35.1 Å². The van der Waals surface area contributed by atoms with Crippen LogP contribution in [0.3, 0.4) is 0 Å². The predicted octanol–water partition coefficient (Wildman–Crippen LogP) is 4.39. The summed E-state index contributed by atoms with van der Waals surface area (Å²) >= 11 is 1.70. The quantitative estimate of drug-likeness (QED) is 0.908. The number of thiazole rings is 1. The lowest BCUT2D eigenvalue weighted by atomic mass is 9.95. The summed E-state index contributed by atoms with van der Waals surface area (Å²) in [5.74, 6) is 0.0234. The normalized spacial score (nSPS) is 15.0. The molecule has 5 heteroatoms. The van der Waals surface area contributed by atoms with Crippen molar-refractivity contribution >= 4 is 28.1 Å². The number of nitrogens with one attached hydrogen (secondary N) is 1. The summed E-state index contributed by atoms with van der Waals surface area (Å²) in [7, 11) is 0. The first-order chi connectivity index (χ1) is 10.9. The van der Waals surface area contributed by atoms with Gasteiger partial charge >= 0.3 is 0 Å². The van der Waals surface area contributed by atoms with Crippen LogP contribution in [-0.2, 0) is 4.79 Å². The molecule has 1 aromatic carbocycles. The molecule has 0 aliphatic carbocycles. The zero-order chi connectivity index (χ0) is 16.4. The van der Waals surface area contributed by atoms with Gasteiger partial charge in [-0.1, -0.05) is 32.9 Å². The van der Waals surface area contributed by atoms with Crippen molar-refractivity contribution in [3.8, 4) is 11.3 Å². The number of hydrogen-bond donors (Lipinski definition) is 1. The van der Waals surface area contributed by atoms with Gasteiger partial charge in [0.05, 0.1) is 5.69 Å². The van der Waals surface area contributed by atoms with E-state index in [4.69, 9.17) is 4.98 Å². The monoisotopic (exact) mass is 329 g/mol. The highest BCUT2D eigenvalue weighted by molar-refractivity contribution is 7.14. The Morgan fingerprint density at radius 2 is 1.83 bits per heavy atom. The molecule has 122 valence electrons. The number of anilines is 2. The maximum atomic E-state index is 12.0. The molecule has 1 saturated heterocycles. The van der Waals surface area contributed by atoms with E-state index in [1.807, 2.05) is 45.0 Å². The lowest BCUT2D eigenvalue weighted by molar-refractivity contribution is -0.123. The molecule has 23 heavy (non-hydrogen) atoms. The second kappa shape index (κ2) is 6.32. The molecule has 2 heterocycles. The van der Waals surface area contributed by atoms with E-state index in [2.05, 4.69) is 15.6 Å². The van der Waals surface area contributed by atoms with Crippen molar-refractivity contribution in [2.75, 3.05) is 23.3 Å². The van der Waals surface area contributed by atoms with Crippen molar-refractivity contribution in [3.05, 3.63) is 29.6 Å². The third-order valence-corrected chi connectivity index (χ3v) is 4.89. The van der Waals surface area contributed by atoms with E-state index in [-0.39, 0.29) is 5.91 Å². The second-order valence-corrected chi connectivity index (χ2v) is 7.83. The minimum Gasteiger partial charge on any atom is -0.348 e. The van der Waals surface area contributed by atoms with Crippen LogP contribution in [0.4, 0.5) is 10.8 Å². The number of rotatable bonds is 3. The number of nitrogens with zero attached hydrogens (tertiary/aromatic N) is 2. The van der Waals surface area contributed by atoms with E-state index in [1.165, 1.54) is 12.8 Å². The highest BCUT2D eigenvalue weighted by Crippen LogP contribution is 2.30. The Balaban J connectivity index is 1.71. The Kier molecular flexibility index (Phi) is 4.39.